The molecule has 6 nitrogen and oxygen atoms in total. The van der Waals surface area contributed by atoms with E-state index in [9.17, 15) is 0 Å². The van der Waals surface area contributed by atoms with Crippen molar-refractivity contribution >= 4 is 0 Å². The van der Waals surface area contributed by atoms with E-state index >= 15 is 0 Å². The zero-order valence-electron chi connectivity index (χ0n) is 9.86. The molecule has 0 aliphatic heterocycles. The second-order valence-electron chi connectivity index (χ2n) is 3.10. The van der Waals surface area contributed by atoms with Crippen LogP contribution in [0.4, 0.5) is 0 Å². The maximum Gasteiger partial charge on any atom is 0.0468 e. The van der Waals surface area contributed by atoms with E-state index in [1.165, 1.54) is 0 Å². The summed E-state index contributed by atoms with van der Waals surface area (Å²) in [4.78, 5) is 0. The minimum atomic E-state index is 0. The molecule has 0 aliphatic carbocycles. The molecule has 0 amide bonds. The van der Waals surface area contributed by atoms with Gasteiger partial charge in [-0.15, -0.1) is 0 Å². The molecular formula is C10H26N2O4. The van der Waals surface area contributed by atoms with Gasteiger partial charge in [-0.2, -0.15) is 0 Å². The molecule has 0 rings (SSSR count). The standard InChI is InChI=1S/C10H20O4.2H3N/c11-5-1-9(2-6-12)10(3-7-13)4-8-14;;/h11-14H,1-8H2;2*1H3. The van der Waals surface area contributed by atoms with Crippen LogP contribution in [0.25, 0.3) is 0 Å². The first-order chi connectivity index (χ1) is 6.79. The van der Waals surface area contributed by atoms with Crippen molar-refractivity contribution in [1.82, 2.24) is 12.3 Å². The molecule has 10 N–H and O–H groups in total. The van der Waals surface area contributed by atoms with Crippen molar-refractivity contribution < 1.29 is 20.4 Å². The summed E-state index contributed by atoms with van der Waals surface area (Å²) in [7, 11) is 0. The van der Waals surface area contributed by atoms with E-state index in [4.69, 9.17) is 20.4 Å². The SMILES string of the molecule is N.N.OCCC(CCO)=C(CCO)CCO. The molecule has 0 spiro atoms. The summed E-state index contributed by atoms with van der Waals surface area (Å²) in [6.45, 7) is 0.150. The highest BCUT2D eigenvalue weighted by Crippen LogP contribution is 2.18. The molecule has 6 heteroatoms. The van der Waals surface area contributed by atoms with Crippen molar-refractivity contribution in [2.75, 3.05) is 26.4 Å². The Morgan fingerprint density at radius 2 is 0.688 bits per heavy atom. The van der Waals surface area contributed by atoms with Gasteiger partial charge in [0.1, 0.15) is 0 Å². The van der Waals surface area contributed by atoms with E-state index in [1.807, 2.05) is 0 Å². The summed E-state index contributed by atoms with van der Waals surface area (Å²) in [5, 5.41) is 35.2. The fourth-order valence-electron chi connectivity index (χ4n) is 1.50. The first-order valence-corrected chi connectivity index (χ1v) is 4.93. The van der Waals surface area contributed by atoms with Gasteiger partial charge in [0, 0.05) is 26.4 Å². The number of rotatable bonds is 8. The van der Waals surface area contributed by atoms with Crippen molar-refractivity contribution in [3.05, 3.63) is 11.1 Å². The van der Waals surface area contributed by atoms with Gasteiger partial charge in [-0.3, -0.25) is 0 Å². The fourth-order valence-corrected chi connectivity index (χ4v) is 1.50. The third-order valence-corrected chi connectivity index (χ3v) is 2.15. The molecule has 0 aromatic carbocycles. The minimum Gasteiger partial charge on any atom is -0.396 e. The lowest BCUT2D eigenvalue weighted by Crippen LogP contribution is -2.02. The molecule has 0 saturated heterocycles. The second kappa shape index (κ2) is 14.5. The van der Waals surface area contributed by atoms with Gasteiger partial charge in [0.25, 0.3) is 0 Å². The monoisotopic (exact) mass is 238 g/mol. The first-order valence-electron chi connectivity index (χ1n) is 4.93. The number of hydrogen-bond acceptors (Lipinski definition) is 6. The third-order valence-electron chi connectivity index (χ3n) is 2.15. The molecule has 0 aliphatic rings. The van der Waals surface area contributed by atoms with Crippen molar-refractivity contribution in [3.63, 3.8) is 0 Å². The van der Waals surface area contributed by atoms with Crippen LogP contribution in [0.1, 0.15) is 25.7 Å². The van der Waals surface area contributed by atoms with E-state index in [0.717, 1.165) is 11.1 Å². The van der Waals surface area contributed by atoms with Gasteiger partial charge in [-0.1, -0.05) is 11.1 Å². The van der Waals surface area contributed by atoms with Crippen LogP contribution in [0, 0.1) is 0 Å². The fraction of sp³-hybridized carbons (Fsp3) is 0.800. The average molecular weight is 238 g/mol. The Hall–Kier alpha value is -0.500. The minimum absolute atomic E-state index is 0. The van der Waals surface area contributed by atoms with Gasteiger partial charge in [-0.05, 0) is 25.7 Å². The predicted octanol–water partition coefficient (Wildman–Crippen LogP) is 0.137. The van der Waals surface area contributed by atoms with Crippen molar-refractivity contribution in [1.29, 1.82) is 0 Å². The Morgan fingerprint density at radius 1 is 0.500 bits per heavy atom. The van der Waals surface area contributed by atoms with E-state index in [-0.39, 0.29) is 38.7 Å². The topological polar surface area (TPSA) is 151 Å². The summed E-state index contributed by atoms with van der Waals surface area (Å²) >= 11 is 0. The lowest BCUT2D eigenvalue weighted by molar-refractivity contribution is 0.267. The lowest BCUT2D eigenvalue weighted by atomic mass is 9.97. The van der Waals surface area contributed by atoms with Crippen LogP contribution in [0.15, 0.2) is 11.1 Å². The molecule has 0 bridgehead atoms. The Balaban J connectivity index is -0.000000845. The molecule has 0 aromatic heterocycles. The lowest BCUT2D eigenvalue weighted by Gasteiger charge is -2.12. The van der Waals surface area contributed by atoms with E-state index in [2.05, 4.69) is 0 Å². The molecule has 100 valence electrons. The smallest absolute Gasteiger partial charge is 0.0468 e. The molecular weight excluding hydrogens is 212 g/mol. The maximum atomic E-state index is 8.81. The van der Waals surface area contributed by atoms with Crippen molar-refractivity contribution in [2.45, 2.75) is 25.7 Å². The summed E-state index contributed by atoms with van der Waals surface area (Å²) in [5.41, 5.74) is 1.91. The van der Waals surface area contributed by atoms with Crippen LogP contribution in [0.5, 0.6) is 0 Å². The Labute approximate surface area is 96.8 Å². The highest BCUT2D eigenvalue weighted by Gasteiger charge is 2.05. The average Bonchev–Trinajstić information content (AvgIpc) is 2.17. The van der Waals surface area contributed by atoms with Gasteiger partial charge >= 0.3 is 0 Å². The molecule has 0 heterocycles. The summed E-state index contributed by atoms with van der Waals surface area (Å²) < 4.78 is 0. The molecule has 0 unspecified atom stereocenters. The van der Waals surface area contributed by atoms with Gasteiger partial charge < -0.3 is 32.7 Å². The highest BCUT2D eigenvalue weighted by atomic mass is 16.3. The normalized spacial score (nSPS) is 9.00. The summed E-state index contributed by atoms with van der Waals surface area (Å²) in [6.07, 6.45) is 2.04. The molecule has 0 saturated carbocycles. The van der Waals surface area contributed by atoms with Crippen LogP contribution < -0.4 is 12.3 Å². The molecule has 0 atom stereocenters. The number of aliphatic hydroxyl groups is 4. The summed E-state index contributed by atoms with van der Waals surface area (Å²) in [5.74, 6) is 0. The highest BCUT2D eigenvalue weighted by molar-refractivity contribution is 5.15. The van der Waals surface area contributed by atoms with E-state index < -0.39 is 0 Å². The van der Waals surface area contributed by atoms with Gasteiger partial charge in [-0.25, -0.2) is 0 Å². The zero-order chi connectivity index (χ0) is 10.8. The van der Waals surface area contributed by atoms with Gasteiger partial charge in [0.05, 0.1) is 0 Å². The third kappa shape index (κ3) is 8.78. The van der Waals surface area contributed by atoms with Crippen LogP contribution in [0.3, 0.4) is 0 Å². The molecule has 16 heavy (non-hydrogen) atoms. The maximum absolute atomic E-state index is 8.81. The predicted molar refractivity (Wildman–Crippen MR) is 63.9 cm³/mol. The molecule has 0 fully saturated rings. The van der Waals surface area contributed by atoms with Crippen molar-refractivity contribution in [3.8, 4) is 0 Å². The second-order valence-corrected chi connectivity index (χ2v) is 3.10. The van der Waals surface area contributed by atoms with Gasteiger partial charge in [0.15, 0.2) is 0 Å². The Kier molecular flexibility index (Phi) is 18.9. The van der Waals surface area contributed by atoms with Crippen LogP contribution in [-0.4, -0.2) is 46.9 Å². The van der Waals surface area contributed by atoms with E-state index in [1.54, 1.807) is 0 Å². The summed E-state index contributed by atoms with van der Waals surface area (Å²) in [6, 6.07) is 0. The Bertz CT molecular complexity index is 140. The number of aliphatic hydroxyl groups excluding tert-OH is 4. The van der Waals surface area contributed by atoms with Crippen LogP contribution in [0.2, 0.25) is 0 Å². The first kappa shape index (κ1) is 20.9. The quantitative estimate of drug-likeness (QED) is 0.331. The van der Waals surface area contributed by atoms with Crippen molar-refractivity contribution in [2.24, 2.45) is 0 Å². The van der Waals surface area contributed by atoms with Gasteiger partial charge in [0.2, 0.25) is 0 Å². The largest absolute Gasteiger partial charge is 0.396 e. The molecule has 0 radical (unpaired) electrons. The number of hydrogen-bond donors (Lipinski definition) is 6. The zero-order valence-corrected chi connectivity index (χ0v) is 9.86. The Morgan fingerprint density at radius 3 is 0.812 bits per heavy atom. The van der Waals surface area contributed by atoms with E-state index in [0.29, 0.717) is 25.7 Å². The van der Waals surface area contributed by atoms with Crippen LogP contribution in [-0.2, 0) is 0 Å². The molecule has 0 aromatic rings. The van der Waals surface area contributed by atoms with Crippen LogP contribution >= 0.6 is 0 Å².